The first kappa shape index (κ1) is 22.4. The highest BCUT2D eigenvalue weighted by molar-refractivity contribution is 6.30. The summed E-state index contributed by atoms with van der Waals surface area (Å²) in [5.74, 6) is 0.224. The summed E-state index contributed by atoms with van der Waals surface area (Å²) < 4.78 is 0. The van der Waals surface area contributed by atoms with Crippen LogP contribution in [0, 0.1) is 22.0 Å². The number of benzene rings is 1. The predicted octanol–water partition coefficient (Wildman–Crippen LogP) is 3.91. The van der Waals surface area contributed by atoms with Crippen molar-refractivity contribution in [2.24, 2.45) is 11.8 Å². The van der Waals surface area contributed by atoms with E-state index in [9.17, 15) is 14.9 Å². The minimum absolute atomic E-state index is 0.0835. The molecule has 1 heterocycles. The summed E-state index contributed by atoms with van der Waals surface area (Å²) >= 11 is 5.82. The van der Waals surface area contributed by atoms with Crippen LogP contribution in [0.5, 0.6) is 0 Å². The number of nitro groups is 1. The summed E-state index contributed by atoms with van der Waals surface area (Å²) in [7, 11) is 0. The third-order valence-electron chi connectivity index (χ3n) is 3.86. The average molecular weight is 421 g/mol. The smallest absolute Gasteiger partial charge is 0.350 e. The molecule has 0 saturated heterocycles. The van der Waals surface area contributed by atoms with Crippen molar-refractivity contribution in [2.75, 3.05) is 23.4 Å². The van der Waals surface area contributed by atoms with Gasteiger partial charge in [0.15, 0.2) is 0 Å². The zero-order chi connectivity index (χ0) is 21.6. The Kier molecular flexibility index (Phi) is 7.72. The predicted molar refractivity (Wildman–Crippen MR) is 113 cm³/mol. The summed E-state index contributed by atoms with van der Waals surface area (Å²) in [5, 5.41) is 12.3. The molecule has 0 spiro atoms. The van der Waals surface area contributed by atoms with Gasteiger partial charge in [0.1, 0.15) is 6.33 Å². The Morgan fingerprint density at radius 1 is 1.14 bits per heavy atom. The molecule has 0 unspecified atom stereocenters. The Bertz CT molecular complexity index is 848. The van der Waals surface area contributed by atoms with Gasteiger partial charge in [-0.2, -0.15) is 0 Å². The maximum Gasteiger partial charge on any atom is 0.355 e. The molecule has 2 aromatic rings. The van der Waals surface area contributed by atoms with Crippen LogP contribution in [0.4, 0.5) is 17.3 Å². The number of anilines is 2. The number of hydrogen-bond acceptors (Lipinski definition) is 7. The number of nitrogens with one attached hydrogen (secondary N) is 2. The fourth-order valence-electron chi connectivity index (χ4n) is 2.78. The van der Waals surface area contributed by atoms with E-state index >= 15 is 0 Å². The molecule has 29 heavy (non-hydrogen) atoms. The molecule has 2 rings (SSSR count). The SMILES string of the molecule is CC(C)CN(CC(C)C)c1ncnc(NNC(=O)c2ccc(Cl)cc2)c1[N+](=O)[O-]. The van der Waals surface area contributed by atoms with Crippen LogP contribution in [0.3, 0.4) is 0 Å². The highest BCUT2D eigenvalue weighted by Gasteiger charge is 2.28. The molecule has 0 fully saturated rings. The molecule has 1 amide bonds. The van der Waals surface area contributed by atoms with E-state index in [1.807, 2.05) is 32.6 Å². The Hall–Kier alpha value is -2.94. The van der Waals surface area contributed by atoms with E-state index in [4.69, 9.17) is 11.6 Å². The van der Waals surface area contributed by atoms with E-state index in [1.165, 1.54) is 6.33 Å². The molecule has 0 radical (unpaired) electrons. The second-order valence-electron chi connectivity index (χ2n) is 7.43. The van der Waals surface area contributed by atoms with Gasteiger partial charge in [-0.05, 0) is 36.1 Å². The Balaban J connectivity index is 2.30. The van der Waals surface area contributed by atoms with Crippen molar-refractivity contribution in [3.8, 4) is 0 Å². The maximum atomic E-state index is 12.3. The molecular weight excluding hydrogens is 396 g/mol. The lowest BCUT2D eigenvalue weighted by Gasteiger charge is -2.27. The Morgan fingerprint density at radius 2 is 1.72 bits per heavy atom. The molecule has 0 aliphatic carbocycles. The number of hydrazine groups is 1. The van der Waals surface area contributed by atoms with E-state index in [2.05, 4.69) is 20.8 Å². The fraction of sp³-hybridized carbons (Fsp3) is 0.421. The molecular formula is C19H25ClN6O3. The van der Waals surface area contributed by atoms with Gasteiger partial charge in [-0.3, -0.25) is 25.8 Å². The minimum atomic E-state index is -0.542. The molecule has 156 valence electrons. The Morgan fingerprint density at radius 3 is 2.24 bits per heavy atom. The summed E-state index contributed by atoms with van der Waals surface area (Å²) in [6, 6.07) is 6.26. The summed E-state index contributed by atoms with van der Waals surface area (Å²) in [4.78, 5) is 33.5. The summed E-state index contributed by atoms with van der Waals surface area (Å²) in [6.45, 7) is 9.34. The molecule has 0 bridgehead atoms. The van der Waals surface area contributed by atoms with Crippen LogP contribution in [0.1, 0.15) is 38.1 Å². The van der Waals surface area contributed by atoms with Crippen molar-refractivity contribution in [1.29, 1.82) is 0 Å². The van der Waals surface area contributed by atoms with Crippen molar-refractivity contribution in [3.63, 3.8) is 0 Å². The van der Waals surface area contributed by atoms with Crippen LogP contribution < -0.4 is 15.8 Å². The van der Waals surface area contributed by atoms with E-state index in [-0.39, 0.29) is 29.2 Å². The molecule has 0 atom stereocenters. The highest BCUT2D eigenvalue weighted by atomic mass is 35.5. The number of rotatable bonds is 9. The van der Waals surface area contributed by atoms with Crippen LogP contribution in [-0.4, -0.2) is 33.9 Å². The number of carbonyl (C=O) groups is 1. The number of amides is 1. The zero-order valence-electron chi connectivity index (χ0n) is 16.8. The van der Waals surface area contributed by atoms with Gasteiger partial charge in [0.2, 0.25) is 11.6 Å². The quantitative estimate of drug-likeness (QED) is 0.467. The molecule has 9 nitrogen and oxygen atoms in total. The van der Waals surface area contributed by atoms with Gasteiger partial charge in [0.25, 0.3) is 5.91 Å². The molecule has 1 aromatic heterocycles. The minimum Gasteiger partial charge on any atom is -0.350 e. The van der Waals surface area contributed by atoms with Gasteiger partial charge in [-0.15, -0.1) is 0 Å². The van der Waals surface area contributed by atoms with Crippen LogP contribution in [0.2, 0.25) is 5.02 Å². The summed E-state index contributed by atoms with van der Waals surface area (Å²) in [5.41, 5.74) is 5.05. The van der Waals surface area contributed by atoms with Crippen LogP contribution >= 0.6 is 11.6 Å². The van der Waals surface area contributed by atoms with Crippen molar-refractivity contribution in [3.05, 3.63) is 51.3 Å². The average Bonchev–Trinajstić information content (AvgIpc) is 2.64. The second kappa shape index (κ2) is 10.0. The number of halogens is 1. The van der Waals surface area contributed by atoms with Gasteiger partial charge in [-0.1, -0.05) is 39.3 Å². The van der Waals surface area contributed by atoms with Crippen LogP contribution in [0.15, 0.2) is 30.6 Å². The standard InChI is InChI=1S/C19H25ClN6O3/c1-12(2)9-25(10-13(3)4)18-16(26(28)29)17(21-11-22-18)23-24-19(27)14-5-7-15(20)8-6-14/h5-8,11-13H,9-10H2,1-4H3,(H,24,27)(H,21,22,23). The van der Waals surface area contributed by atoms with E-state index in [0.717, 1.165) is 0 Å². The third kappa shape index (κ3) is 6.28. The lowest BCUT2D eigenvalue weighted by Crippen LogP contribution is -2.34. The van der Waals surface area contributed by atoms with Gasteiger partial charge in [-0.25, -0.2) is 9.97 Å². The summed E-state index contributed by atoms with van der Waals surface area (Å²) in [6.07, 6.45) is 1.24. The zero-order valence-corrected chi connectivity index (χ0v) is 17.6. The first-order chi connectivity index (χ1) is 13.7. The fourth-order valence-corrected chi connectivity index (χ4v) is 2.90. The molecule has 0 saturated carbocycles. The van der Waals surface area contributed by atoms with Crippen LogP contribution in [0.25, 0.3) is 0 Å². The largest absolute Gasteiger partial charge is 0.355 e. The first-order valence-electron chi connectivity index (χ1n) is 9.25. The second-order valence-corrected chi connectivity index (χ2v) is 7.87. The Labute approximate surface area is 174 Å². The van der Waals surface area contributed by atoms with Gasteiger partial charge in [0, 0.05) is 23.7 Å². The first-order valence-corrected chi connectivity index (χ1v) is 9.63. The lowest BCUT2D eigenvalue weighted by molar-refractivity contribution is -0.383. The van der Waals surface area contributed by atoms with Crippen LogP contribution in [-0.2, 0) is 0 Å². The van der Waals surface area contributed by atoms with Crippen molar-refractivity contribution < 1.29 is 9.72 Å². The normalized spacial score (nSPS) is 10.9. The molecule has 1 aromatic carbocycles. The van der Waals surface area contributed by atoms with Gasteiger partial charge in [0.05, 0.1) is 4.92 Å². The van der Waals surface area contributed by atoms with Gasteiger partial charge < -0.3 is 4.90 Å². The van der Waals surface area contributed by atoms with E-state index < -0.39 is 10.8 Å². The molecule has 10 heteroatoms. The molecule has 0 aliphatic rings. The van der Waals surface area contributed by atoms with Crippen molar-refractivity contribution in [2.45, 2.75) is 27.7 Å². The highest BCUT2D eigenvalue weighted by Crippen LogP contribution is 2.32. The molecule has 0 aliphatic heterocycles. The van der Waals surface area contributed by atoms with E-state index in [1.54, 1.807) is 24.3 Å². The van der Waals surface area contributed by atoms with E-state index in [0.29, 0.717) is 23.7 Å². The maximum absolute atomic E-state index is 12.3. The third-order valence-corrected chi connectivity index (χ3v) is 4.11. The van der Waals surface area contributed by atoms with Crippen molar-refractivity contribution in [1.82, 2.24) is 15.4 Å². The topological polar surface area (TPSA) is 113 Å². The number of nitrogens with zero attached hydrogens (tertiary/aromatic N) is 4. The number of hydrogen-bond donors (Lipinski definition) is 2. The van der Waals surface area contributed by atoms with Gasteiger partial charge >= 0.3 is 5.69 Å². The number of carbonyl (C=O) groups excluding carboxylic acids is 1. The number of aromatic nitrogens is 2. The lowest BCUT2D eigenvalue weighted by atomic mass is 10.1. The van der Waals surface area contributed by atoms with Crippen molar-refractivity contribution >= 4 is 34.8 Å². The monoisotopic (exact) mass is 420 g/mol. The molecule has 2 N–H and O–H groups in total.